The summed E-state index contributed by atoms with van der Waals surface area (Å²) in [7, 11) is 0. The predicted molar refractivity (Wildman–Crippen MR) is 78.1 cm³/mol. The topological polar surface area (TPSA) is 29.1 Å². The molecule has 0 radical (unpaired) electrons. The van der Waals surface area contributed by atoms with E-state index in [2.05, 4.69) is 21.2 Å². The number of amides is 1. The summed E-state index contributed by atoms with van der Waals surface area (Å²) in [6.07, 6.45) is 4.61. The second-order valence-electron chi connectivity index (χ2n) is 5.32. The van der Waals surface area contributed by atoms with Crippen LogP contribution in [0.1, 0.15) is 41.6 Å². The number of halogens is 2. The Morgan fingerprint density at radius 2 is 2.26 bits per heavy atom. The minimum absolute atomic E-state index is 0.136. The van der Waals surface area contributed by atoms with Crippen LogP contribution < -0.4 is 5.32 Å². The quantitative estimate of drug-likeness (QED) is 0.840. The molecule has 4 heteroatoms. The van der Waals surface area contributed by atoms with Gasteiger partial charge in [-0.3, -0.25) is 4.79 Å². The smallest absolute Gasteiger partial charge is 0.254 e. The third-order valence-corrected chi connectivity index (χ3v) is 4.47. The fourth-order valence-corrected chi connectivity index (χ4v) is 3.40. The van der Waals surface area contributed by atoms with E-state index in [1.807, 2.05) is 6.92 Å². The van der Waals surface area contributed by atoms with Gasteiger partial charge in [0.05, 0.1) is 5.56 Å². The van der Waals surface area contributed by atoms with Gasteiger partial charge in [0.2, 0.25) is 0 Å². The molecule has 1 amide bonds. The van der Waals surface area contributed by atoms with Crippen molar-refractivity contribution in [1.29, 1.82) is 0 Å². The van der Waals surface area contributed by atoms with Crippen LogP contribution in [-0.4, -0.2) is 17.3 Å². The first-order chi connectivity index (χ1) is 9.06. The van der Waals surface area contributed by atoms with Crippen LogP contribution in [0.25, 0.3) is 0 Å². The van der Waals surface area contributed by atoms with Gasteiger partial charge in [-0.2, -0.15) is 0 Å². The number of benzene rings is 1. The molecule has 0 saturated heterocycles. The monoisotopic (exact) mass is 327 g/mol. The first-order valence-electron chi connectivity index (χ1n) is 6.74. The van der Waals surface area contributed by atoms with Crippen molar-refractivity contribution >= 4 is 21.8 Å². The van der Waals surface area contributed by atoms with Crippen LogP contribution in [0.5, 0.6) is 0 Å². The van der Waals surface area contributed by atoms with Gasteiger partial charge in [0, 0.05) is 11.4 Å². The van der Waals surface area contributed by atoms with Gasteiger partial charge in [-0.15, -0.1) is 0 Å². The van der Waals surface area contributed by atoms with Crippen LogP contribution in [0.4, 0.5) is 4.39 Å². The van der Waals surface area contributed by atoms with E-state index < -0.39 is 5.82 Å². The summed E-state index contributed by atoms with van der Waals surface area (Å²) < 4.78 is 13.7. The van der Waals surface area contributed by atoms with Gasteiger partial charge in [0.25, 0.3) is 5.91 Å². The number of nitrogens with one attached hydrogen (secondary N) is 1. The standard InChI is InChI=1S/C15H19BrFNO/c1-10-5-6-13(14(17)7-10)15(19)18-9-11-3-2-4-12(16)8-11/h5-7,11-12H,2-4,8-9H2,1H3,(H,18,19). The van der Waals surface area contributed by atoms with E-state index in [4.69, 9.17) is 0 Å². The predicted octanol–water partition coefficient (Wildman–Crippen LogP) is 3.82. The maximum Gasteiger partial charge on any atom is 0.254 e. The first-order valence-corrected chi connectivity index (χ1v) is 7.66. The highest BCUT2D eigenvalue weighted by molar-refractivity contribution is 9.09. The van der Waals surface area contributed by atoms with Crippen molar-refractivity contribution in [2.75, 3.05) is 6.54 Å². The lowest BCUT2D eigenvalue weighted by atomic mass is 9.89. The molecule has 0 heterocycles. The summed E-state index contributed by atoms with van der Waals surface area (Å²) in [4.78, 5) is 12.5. The van der Waals surface area contributed by atoms with E-state index in [9.17, 15) is 9.18 Å². The molecule has 0 aliphatic heterocycles. The fourth-order valence-electron chi connectivity index (χ4n) is 2.55. The Morgan fingerprint density at radius 3 is 2.95 bits per heavy atom. The van der Waals surface area contributed by atoms with Crippen molar-refractivity contribution in [2.45, 2.75) is 37.4 Å². The first kappa shape index (κ1) is 14.5. The van der Waals surface area contributed by atoms with Gasteiger partial charge in [-0.05, 0) is 49.8 Å². The van der Waals surface area contributed by atoms with Crippen molar-refractivity contribution < 1.29 is 9.18 Å². The third-order valence-electron chi connectivity index (χ3n) is 3.64. The molecule has 1 aliphatic carbocycles. The molecule has 2 nitrogen and oxygen atoms in total. The van der Waals surface area contributed by atoms with Crippen LogP contribution >= 0.6 is 15.9 Å². The molecule has 19 heavy (non-hydrogen) atoms. The molecule has 1 fully saturated rings. The number of hydrogen-bond acceptors (Lipinski definition) is 1. The molecule has 1 saturated carbocycles. The van der Waals surface area contributed by atoms with Crippen molar-refractivity contribution in [3.05, 3.63) is 35.1 Å². The maximum absolute atomic E-state index is 13.7. The SMILES string of the molecule is Cc1ccc(C(=O)NCC2CCCC(Br)C2)c(F)c1. The maximum atomic E-state index is 13.7. The van der Waals surface area contributed by atoms with Crippen LogP contribution in [0.2, 0.25) is 0 Å². The van der Waals surface area contributed by atoms with Crippen LogP contribution in [0.3, 0.4) is 0 Å². The Bertz CT molecular complexity index is 463. The second kappa shape index (κ2) is 6.51. The zero-order valence-electron chi connectivity index (χ0n) is 11.1. The molecule has 1 aromatic carbocycles. The van der Waals surface area contributed by atoms with Crippen molar-refractivity contribution in [3.8, 4) is 0 Å². The van der Waals surface area contributed by atoms with Gasteiger partial charge >= 0.3 is 0 Å². The highest BCUT2D eigenvalue weighted by Crippen LogP contribution is 2.28. The van der Waals surface area contributed by atoms with Gasteiger partial charge < -0.3 is 5.32 Å². The number of hydrogen-bond donors (Lipinski definition) is 1. The number of carbonyl (C=O) groups excluding carboxylic acids is 1. The molecule has 1 N–H and O–H groups in total. The third kappa shape index (κ3) is 4.03. The van der Waals surface area contributed by atoms with E-state index >= 15 is 0 Å². The molecule has 0 bridgehead atoms. The lowest BCUT2D eigenvalue weighted by Crippen LogP contribution is -2.32. The fraction of sp³-hybridized carbons (Fsp3) is 0.533. The largest absolute Gasteiger partial charge is 0.352 e. The Labute approximate surface area is 121 Å². The number of alkyl halides is 1. The summed E-state index contributed by atoms with van der Waals surface area (Å²) in [6.45, 7) is 2.44. The molecule has 0 aromatic heterocycles. The van der Waals surface area contributed by atoms with E-state index in [1.54, 1.807) is 12.1 Å². The number of aryl methyl sites for hydroxylation is 1. The van der Waals surface area contributed by atoms with Crippen molar-refractivity contribution in [2.24, 2.45) is 5.92 Å². The lowest BCUT2D eigenvalue weighted by molar-refractivity contribution is 0.0940. The Hall–Kier alpha value is -0.900. The minimum atomic E-state index is -0.445. The molecular formula is C15H19BrFNO. The van der Waals surface area contributed by atoms with E-state index in [0.717, 1.165) is 18.4 Å². The number of rotatable bonds is 3. The minimum Gasteiger partial charge on any atom is -0.352 e. The molecule has 0 spiro atoms. The highest BCUT2D eigenvalue weighted by atomic mass is 79.9. The summed E-state index contributed by atoms with van der Waals surface area (Å²) >= 11 is 3.63. The summed E-state index contributed by atoms with van der Waals surface area (Å²) in [5.41, 5.74) is 0.959. The summed E-state index contributed by atoms with van der Waals surface area (Å²) in [5, 5.41) is 2.85. The van der Waals surface area contributed by atoms with E-state index in [1.165, 1.54) is 18.9 Å². The molecule has 2 atom stereocenters. The van der Waals surface area contributed by atoms with Crippen LogP contribution in [0.15, 0.2) is 18.2 Å². The zero-order chi connectivity index (χ0) is 13.8. The second-order valence-corrected chi connectivity index (χ2v) is 6.62. The van der Waals surface area contributed by atoms with Gasteiger partial charge in [0.15, 0.2) is 0 Å². The van der Waals surface area contributed by atoms with Crippen molar-refractivity contribution in [1.82, 2.24) is 5.32 Å². The molecule has 1 aliphatic rings. The summed E-state index contributed by atoms with van der Waals surface area (Å²) in [5.74, 6) is -0.260. The zero-order valence-corrected chi connectivity index (χ0v) is 12.7. The Balaban J connectivity index is 1.90. The Kier molecular flexibility index (Phi) is 4.97. The van der Waals surface area contributed by atoms with Gasteiger partial charge in [0.1, 0.15) is 5.82 Å². The van der Waals surface area contributed by atoms with Crippen LogP contribution in [-0.2, 0) is 0 Å². The highest BCUT2D eigenvalue weighted by Gasteiger charge is 2.21. The van der Waals surface area contributed by atoms with Crippen LogP contribution in [0, 0.1) is 18.7 Å². The van der Waals surface area contributed by atoms with E-state index in [0.29, 0.717) is 17.3 Å². The average molecular weight is 328 g/mol. The molecule has 104 valence electrons. The van der Waals surface area contributed by atoms with Gasteiger partial charge in [-0.1, -0.05) is 28.4 Å². The Morgan fingerprint density at radius 1 is 1.47 bits per heavy atom. The molecular weight excluding hydrogens is 309 g/mol. The lowest BCUT2D eigenvalue weighted by Gasteiger charge is -2.25. The average Bonchev–Trinajstić information content (AvgIpc) is 2.36. The molecule has 2 unspecified atom stereocenters. The van der Waals surface area contributed by atoms with Crippen molar-refractivity contribution in [3.63, 3.8) is 0 Å². The van der Waals surface area contributed by atoms with E-state index in [-0.39, 0.29) is 11.5 Å². The molecule has 1 aromatic rings. The van der Waals surface area contributed by atoms with Gasteiger partial charge in [-0.25, -0.2) is 4.39 Å². The molecule has 2 rings (SSSR count). The number of carbonyl (C=O) groups is 1. The normalized spacial score (nSPS) is 23.1. The summed E-state index contributed by atoms with van der Waals surface area (Å²) in [6, 6.07) is 4.70.